The third-order valence-corrected chi connectivity index (χ3v) is 3.49. The number of benzene rings is 1. The van der Waals surface area contributed by atoms with Gasteiger partial charge in [-0.05, 0) is 6.42 Å². The predicted molar refractivity (Wildman–Crippen MR) is 76.4 cm³/mol. The maximum atomic E-state index is 12.2. The number of morpholine rings is 1. The quantitative estimate of drug-likeness (QED) is 0.581. The summed E-state index contributed by atoms with van der Waals surface area (Å²) in [5, 5.41) is 0. The lowest BCUT2D eigenvalue weighted by Crippen LogP contribution is -2.46. The van der Waals surface area contributed by atoms with Crippen molar-refractivity contribution in [2.24, 2.45) is 0 Å². The summed E-state index contributed by atoms with van der Waals surface area (Å²) >= 11 is 0. The topological polar surface area (TPSA) is 29.5 Å². The van der Waals surface area contributed by atoms with Crippen molar-refractivity contribution in [2.75, 3.05) is 26.3 Å². The number of hydrogen-bond donors (Lipinski definition) is 0. The van der Waals surface area contributed by atoms with Crippen LogP contribution >= 0.6 is 0 Å². The van der Waals surface area contributed by atoms with Gasteiger partial charge >= 0.3 is 0 Å². The number of ketones is 1. The first-order valence-corrected chi connectivity index (χ1v) is 6.82. The first kappa shape index (κ1) is 14.0. The fourth-order valence-electron chi connectivity index (χ4n) is 2.38. The molecule has 1 aromatic rings. The zero-order valence-corrected chi connectivity index (χ0v) is 11.3. The molecule has 0 saturated carbocycles. The van der Waals surface area contributed by atoms with Gasteiger partial charge in [0.2, 0.25) is 0 Å². The molecule has 0 aromatic heterocycles. The van der Waals surface area contributed by atoms with E-state index in [1.165, 1.54) is 0 Å². The Hall–Kier alpha value is -1.45. The fraction of sp³-hybridized carbons (Fsp3) is 0.438. The smallest absolute Gasteiger partial charge is 0.164 e. The summed E-state index contributed by atoms with van der Waals surface area (Å²) in [6.45, 7) is 7.02. The Labute approximate surface area is 114 Å². The zero-order valence-electron chi connectivity index (χ0n) is 11.3. The molecule has 1 atom stereocenters. The van der Waals surface area contributed by atoms with Gasteiger partial charge in [-0.2, -0.15) is 0 Å². The second kappa shape index (κ2) is 7.22. The SMILES string of the molecule is C=CCCN1CCOCC1CC(=O)c1ccccc1. The first-order chi connectivity index (χ1) is 9.31. The van der Waals surface area contributed by atoms with Crippen LogP contribution in [0.15, 0.2) is 43.0 Å². The second-order valence-electron chi connectivity index (χ2n) is 4.84. The molecule has 1 aliphatic heterocycles. The monoisotopic (exact) mass is 259 g/mol. The predicted octanol–water partition coefficient (Wildman–Crippen LogP) is 2.54. The van der Waals surface area contributed by atoms with E-state index < -0.39 is 0 Å². The summed E-state index contributed by atoms with van der Waals surface area (Å²) in [6.07, 6.45) is 3.41. The molecular weight excluding hydrogens is 238 g/mol. The Morgan fingerprint density at radius 1 is 1.42 bits per heavy atom. The average Bonchev–Trinajstić information content (AvgIpc) is 2.47. The van der Waals surface area contributed by atoms with E-state index in [2.05, 4.69) is 11.5 Å². The molecule has 1 heterocycles. The lowest BCUT2D eigenvalue weighted by molar-refractivity contribution is -0.00765. The number of ether oxygens (including phenoxy) is 1. The van der Waals surface area contributed by atoms with Crippen molar-refractivity contribution in [1.29, 1.82) is 0 Å². The molecule has 0 bridgehead atoms. The van der Waals surface area contributed by atoms with Gasteiger partial charge < -0.3 is 4.74 Å². The van der Waals surface area contributed by atoms with E-state index in [9.17, 15) is 4.79 Å². The first-order valence-electron chi connectivity index (χ1n) is 6.82. The number of nitrogens with zero attached hydrogens (tertiary/aromatic N) is 1. The summed E-state index contributed by atoms with van der Waals surface area (Å²) in [5.74, 6) is 0.194. The molecule has 0 spiro atoms. The summed E-state index contributed by atoms with van der Waals surface area (Å²) < 4.78 is 5.51. The standard InChI is InChI=1S/C16H21NO2/c1-2-3-9-17-10-11-19-13-15(17)12-16(18)14-7-5-4-6-8-14/h2,4-8,15H,1,3,9-13H2. The van der Waals surface area contributed by atoms with Crippen LogP contribution in [0.1, 0.15) is 23.2 Å². The molecule has 1 saturated heterocycles. The fourth-order valence-corrected chi connectivity index (χ4v) is 2.38. The van der Waals surface area contributed by atoms with Crippen LogP contribution in [-0.4, -0.2) is 43.0 Å². The van der Waals surface area contributed by atoms with Crippen molar-refractivity contribution in [3.05, 3.63) is 48.6 Å². The molecule has 2 rings (SSSR count). The molecule has 0 radical (unpaired) electrons. The number of carbonyl (C=O) groups excluding carboxylic acids is 1. The minimum absolute atomic E-state index is 0.194. The molecule has 0 aliphatic carbocycles. The average molecular weight is 259 g/mol. The lowest BCUT2D eigenvalue weighted by Gasteiger charge is -2.35. The molecule has 0 amide bonds. The summed E-state index contributed by atoms with van der Waals surface area (Å²) in [4.78, 5) is 14.6. The molecule has 1 aliphatic rings. The Bertz CT molecular complexity index is 416. The Morgan fingerprint density at radius 3 is 2.95 bits per heavy atom. The number of carbonyl (C=O) groups is 1. The molecular formula is C16H21NO2. The highest BCUT2D eigenvalue weighted by Gasteiger charge is 2.25. The summed E-state index contributed by atoms with van der Waals surface area (Å²) in [6, 6.07) is 9.68. The molecule has 1 fully saturated rings. The third kappa shape index (κ3) is 4.01. The molecule has 3 nitrogen and oxygen atoms in total. The second-order valence-corrected chi connectivity index (χ2v) is 4.84. The van der Waals surface area contributed by atoms with Gasteiger partial charge in [0, 0.05) is 31.1 Å². The van der Waals surface area contributed by atoms with Gasteiger partial charge in [0.05, 0.1) is 13.2 Å². The van der Waals surface area contributed by atoms with Crippen LogP contribution in [0.2, 0.25) is 0 Å². The van der Waals surface area contributed by atoms with E-state index in [4.69, 9.17) is 4.74 Å². The van der Waals surface area contributed by atoms with Gasteiger partial charge in [0.25, 0.3) is 0 Å². The largest absolute Gasteiger partial charge is 0.378 e. The summed E-state index contributed by atoms with van der Waals surface area (Å²) in [5.41, 5.74) is 0.789. The molecule has 19 heavy (non-hydrogen) atoms. The van der Waals surface area contributed by atoms with Gasteiger partial charge in [0.15, 0.2) is 5.78 Å². The van der Waals surface area contributed by atoms with E-state index in [0.717, 1.165) is 31.7 Å². The Kier molecular flexibility index (Phi) is 5.31. The Morgan fingerprint density at radius 2 is 2.21 bits per heavy atom. The maximum absolute atomic E-state index is 12.2. The number of hydrogen-bond acceptors (Lipinski definition) is 3. The lowest BCUT2D eigenvalue weighted by atomic mass is 10.0. The minimum Gasteiger partial charge on any atom is -0.378 e. The maximum Gasteiger partial charge on any atom is 0.164 e. The van der Waals surface area contributed by atoms with Crippen molar-refractivity contribution >= 4 is 5.78 Å². The van der Waals surface area contributed by atoms with Crippen molar-refractivity contribution in [3.63, 3.8) is 0 Å². The van der Waals surface area contributed by atoms with E-state index in [1.807, 2.05) is 36.4 Å². The summed E-state index contributed by atoms with van der Waals surface area (Å²) in [7, 11) is 0. The van der Waals surface area contributed by atoms with Crippen LogP contribution in [0, 0.1) is 0 Å². The van der Waals surface area contributed by atoms with Gasteiger partial charge in [-0.25, -0.2) is 0 Å². The van der Waals surface area contributed by atoms with E-state index in [-0.39, 0.29) is 11.8 Å². The van der Waals surface area contributed by atoms with E-state index in [0.29, 0.717) is 13.0 Å². The van der Waals surface area contributed by atoms with Gasteiger partial charge in [0.1, 0.15) is 0 Å². The van der Waals surface area contributed by atoms with Crippen LogP contribution in [0.3, 0.4) is 0 Å². The third-order valence-electron chi connectivity index (χ3n) is 3.49. The Balaban J connectivity index is 1.95. The normalized spacial score (nSPS) is 20.1. The van der Waals surface area contributed by atoms with Crippen molar-refractivity contribution in [2.45, 2.75) is 18.9 Å². The molecule has 1 aromatic carbocycles. The molecule has 1 unspecified atom stereocenters. The zero-order chi connectivity index (χ0) is 13.5. The highest BCUT2D eigenvalue weighted by Crippen LogP contribution is 2.14. The van der Waals surface area contributed by atoms with Crippen LogP contribution in [-0.2, 0) is 4.74 Å². The van der Waals surface area contributed by atoms with Crippen LogP contribution in [0.4, 0.5) is 0 Å². The van der Waals surface area contributed by atoms with Crippen LogP contribution in [0.25, 0.3) is 0 Å². The molecule has 3 heteroatoms. The molecule has 0 N–H and O–H groups in total. The van der Waals surface area contributed by atoms with E-state index in [1.54, 1.807) is 0 Å². The minimum atomic E-state index is 0.194. The highest BCUT2D eigenvalue weighted by molar-refractivity contribution is 5.96. The number of rotatable bonds is 6. The van der Waals surface area contributed by atoms with Crippen LogP contribution in [0.5, 0.6) is 0 Å². The van der Waals surface area contributed by atoms with Gasteiger partial charge in [-0.1, -0.05) is 36.4 Å². The van der Waals surface area contributed by atoms with Crippen LogP contribution < -0.4 is 0 Å². The van der Waals surface area contributed by atoms with Crippen molar-refractivity contribution < 1.29 is 9.53 Å². The van der Waals surface area contributed by atoms with Gasteiger partial charge in [-0.15, -0.1) is 6.58 Å². The van der Waals surface area contributed by atoms with E-state index >= 15 is 0 Å². The van der Waals surface area contributed by atoms with Crippen molar-refractivity contribution in [1.82, 2.24) is 4.90 Å². The molecule has 102 valence electrons. The number of Topliss-reactive ketones (excluding diaryl/α,β-unsaturated/α-hetero) is 1. The highest BCUT2D eigenvalue weighted by atomic mass is 16.5. The van der Waals surface area contributed by atoms with Gasteiger partial charge in [-0.3, -0.25) is 9.69 Å². The van der Waals surface area contributed by atoms with Crippen molar-refractivity contribution in [3.8, 4) is 0 Å².